The average Bonchev–Trinajstić information content (AvgIpc) is 3.22. The summed E-state index contributed by atoms with van der Waals surface area (Å²) in [5.74, 6) is 3.93. The maximum atomic E-state index is 6.92. The number of hydrogen-bond acceptors (Lipinski definition) is 5. The van der Waals surface area contributed by atoms with Crippen LogP contribution in [0.15, 0.2) is 30.3 Å². The Morgan fingerprint density at radius 1 is 0.909 bits per heavy atom. The molecule has 3 aliphatic rings. The molecule has 0 radical (unpaired) electrons. The first-order valence-electron chi connectivity index (χ1n) is 12.0. The van der Waals surface area contributed by atoms with Crippen molar-refractivity contribution in [3.8, 4) is 23.0 Å². The zero-order chi connectivity index (χ0) is 23.8. The third kappa shape index (κ3) is 4.08. The van der Waals surface area contributed by atoms with Crippen molar-refractivity contribution in [1.29, 1.82) is 0 Å². The Labute approximate surface area is 199 Å². The summed E-state index contributed by atoms with van der Waals surface area (Å²) in [5.41, 5.74) is 2.67. The molecule has 0 unspecified atom stereocenters. The SMILES string of the molecule is CC(C)[C@@H]1Cc2cc3c(cc2O1)OC[C@@]1(O[Si](C)(C)C)c2ccc(O[Si](C)(C)C)cc2O[C@@H]31. The molecule has 3 aliphatic heterocycles. The molecule has 3 atom stereocenters. The average molecular weight is 485 g/mol. The quantitative estimate of drug-likeness (QED) is 0.458. The summed E-state index contributed by atoms with van der Waals surface area (Å²) in [4.78, 5) is 0. The van der Waals surface area contributed by atoms with E-state index in [-0.39, 0.29) is 12.2 Å². The highest BCUT2D eigenvalue weighted by molar-refractivity contribution is 6.70. The molecule has 3 heterocycles. The third-order valence-electron chi connectivity index (χ3n) is 6.35. The van der Waals surface area contributed by atoms with E-state index >= 15 is 0 Å². The zero-order valence-corrected chi connectivity index (χ0v) is 23.1. The molecule has 33 heavy (non-hydrogen) atoms. The van der Waals surface area contributed by atoms with E-state index < -0.39 is 22.2 Å². The van der Waals surface area contributed by atoms with Gasteiger partial charge in [-0.25, -0.2) is 0 Å². The summed E-state index contributed by atoms with van der Waals surface area (Å²) in [6.45, 7) is 18.1. The van der Waals surface area contributed by atoms with Crippen molar-refractivity contribution in [2.45, 2.75) is 77.4 Å². The molecule has 0 saturated heterocycles. The highest BCUT2D eigenvalue weighted by atomic mass is 28.4. The minimum Gasteiger partial charge on any atom is -0.544 e. The number of benzene rings is 2. The first kappa shape index (κ1) is 22.8. The van der Waals surface area contributed by atoms with Crippen molar-refractivity contribution in [3.05, 3.63) is 47.0 Å². The Bertz CT molecular complexity index is 1090. The van der Waals surface area contributed by atoms with Crippen LogP contribution in [0.1, 0.15) is 36.6 Å². The molecular formula is C26H36O5Si2. The Morgan fingerprint density at radius 3 is 2.33 bits per heavy atom. The Hall–Kier alpha value is -1.97. The third-order valence-corrected chi connectivity index (χ3v) is 8.17. The number of ether oxygens (including phenoxy) is 3. The molecule has 0 saturated carbocycles. The van der Waals surface area contributed by atoms with Crippen molar-refractivity contribution in [2.75, 3.05) is 6.61 Å². The molecule has 0 aliphatic carbocycles. The molecule has 0 spiro atoms. The lowest BCUT2D eigenvalue weighted by molar-refractivity contribution is -0.0722. The summed E-state index contributed by atoms with van der Waals surface area (Å²) < 4.78 is 32.5. The maximum Gasteiger partial charge on any atom is 0.242 e. The lowest BCUT2D eigenvalue weighted by Gasteiger charge is -2.42. The first-order valence-corrected chi connectivity index (χ1v) is 18.8. The van der Waals surface area contributed by atoms with Gasteiger partial charge in [-0.2, -0.15) is 0 Å². The van der Waals surface area contributed by atoms with Gasteiger partial charge in [0.15, 0.2) is 20.0 Å². The minimum atomic E-state index is -1.94. The Morgan fingerprint density at radius 2 is 1.67 bits per heavy atom. The van der Waals surface area contributed by atoms with Gasteiger partial charge in [-0.3, -0.25) is 0 Å². The number of fused-ring (bicyclic) bond motifs is 6. The molecule has 0 aromatic heterocycles. The van der Waals surface area contributed by atoms with Crippen LogP contribution in [0.5, 0.6) is 23.0 Å². The van der Waals surface area contributed by atoms with E-state index in [9.17, 15) is 0 Å². The van der Waals surface area contributed by atoms with Crippen LogP contribution in [-0.2, 0) is 16.4 Å². The van der Waals surface area contributed by atoms with E-state index in [0.29, 0.717) is 12.5 Å². The fourth-order valence-electron chi connectivity index (χ4n) is 5.09. The van der Waals surface area contributed by atoms with Crippen molar-refractivity contribution < 1.29 is 23.1 Å². The van der Waals surface area contributed by atoms with Gasteiger partial charge in [-0.1, -0.05) is 13.8 Å². The van der Waals surface area contributed by atoms with Gasteiger partial charge in [0.1, 0.15) is 35.7 Å². The van der Waals surface area contributed by atoms with Crippen molar-refractivity contribution in [3.63, 3.8) is 0 Å². The zero-order valence-electron chi connectivity index (χ0n) is 21.1. The molecule has 2 aromatic carbocycles. The smallest absolute Gasteiger partial charge is 0.242 e. The van der Waals surface area contributed by atoms with Gasteiger partial charge in [0.05, 0.1) is 0 Å². The molecule has 0 N–H and O–H groups in total. The second-order valence-electron chi connectivity index (χ2n) is 11.9. The van der Waals surface area contributed by atoms with Crippen LogP contribution in [0.2, 0.25) is 39.3 Å². The lowest BCUT2D eigenvalue weighted by Crippen LogP contribution is -2.49. The molecule has 0 amide bonds. The van der Waals surface area contributed by atoms with Crippen LogP contribution in [0.4, 0.5) is 0 Å². The van der Waals surface area contributed by atoms with E-state index in [1.165, 1.54) is 5.56 Å². The minimum absolute atomic E-state index is 0.204. The lowest BCUT2D eigenvalue weighted by atomic mass is 9.84. The molecule has 5 nitrogen and oxygen atoms in total. The van der Waals surface area contributed by atoms with Gasteiger partial charge < -0.3 is 23.1 Å². The molecular weight excluding hydrogens is 448 g/mol. The van der Waals surface area contributed by atoms with Crippen LogP contribution in [0.25, 0.3) is 0 Å². The second kappa shape index (κ2) is 7.52. The summed E-state index contributed by atoms with van der Waals surface area (Å²) in [6.07, 6.45) is 0.860. The highest BCUT2D eigenvalue weighted by Crippen LogP contribution is 2.58. The molecule has 2 aromatic rings. The predicted octanol–water partition coefficient (Wildman–Crippen LogP) is 6.43. The van der Waals surface area contributed by atoms with Gasteiger partial charge in [-0.15, -0.1) is 0 Å². The van der Waals surface area contributed by atoms with Crippen molar-refractivity contribution in [2.24, 2.45) is 5.92 Å². The van der Waals surface area contributed by atoms with Gasteiger partial charge >= 0.3 is 0 Å². The fraction of sp³-hybridized carbons (Fsp3) is 0.538. The summed E-state index contributed by atoms with van der Waals surface area (Å²) >= 11 is 0. The summed E-state index contributed by atoms with van der Waals surface area (Å²) in [6, 6.07) is 10.5. The molecule has 5 rings (SSSR count). The Balaban J connectivity index is 1.58. The topological polar surface area (TPSA) is 46.2 Å². The first-order chi connectivity index (χ1) is 15.3. The van der Waals surface area contributed by atoms with Crippen LogP contribution >= 0.6 is 0 Å². The summed E-state index contributed by atoms with van der Waals surface area (Å²) in [7, 11) is -3.67. The van der Waals surface area contributed by atoms with Crippen LogP contribution < -0.4 is 18.6 Å². The van der Waals surface area contributed by atoms with Crippen LogP contribution in [-0.4, -0.2) is 29.3 Å². The second-order valence-corrected chi connectivity index (χ2v) is 20.7. The van der Waals surface area contributed by atoms with Gasteiger partial charge in [0, 0.05) is 29.7 Å². The number of rotatable bonds is 5. The van der Waals surface area contributed by atoms with Crippen LogP contribution in [0, 0.1) is 5.92 Å². The van der Waals surface area contributed by atoms with Crippen molar-refractivity contribution >= 4 is 16.6 Å². The standard InChI is InChI=1S/C26H36O5Si2/c1-16(2)21-12-17-11-19-23(14-22(17)28-21)27-15-26(31-33(6,7)8)20-10-9-18(30-32(3,4)5)13-24(20)29-25(19)26/h9-11,13-14,16,21,25H,12,15H2,1-8H3/t21-,25-,26+/m0/s1. The van der Waals surface area contributed by atoms with E-state index in [4.69, 9.17) is 23.1 Å². The predicted molar refractivity (Wildman–Crippen MR) is 135 cm³/mol. The van der Waals surface area contributed by atoms with E-state index in [1.54, 1.807) is 0 Å². The van der Waals surface area contributed by atoms with E-state index in [0.717, 1.165) is 40.5 Å². The van der Waals surface area contributed by atoms with Gasteiger partial charge in [-0.05, 0) is 69.0 Å². The molecule has 0 fully saturated rings. The van der Waals surface area contributed by atoms with Gasteiger partial charge in [0.2, 0.25) is 8.32 Å². The number of hydrogen-bond donors (Lipinski definition) is 0. The Kier molecular flexibility index (Phi) is 5.20. The largest absolute Gasteiger partial charge is 0.544 e. The van der Waals surface area contributed by atoms with E-state index in [1.807, 2.05) is 6.07 Å². The normalized spacial score (nSPS) is 25.4. The fourth-order valence-corrected chi connectivity index (χ4v) is 7.29. The van der Waals surface area contributed by atoms with Crippen molar-refractivity contribution in [1.82, 2.24) is 0 Å². The van der Waals surface area contributed by atoms with Gasteiger partial charge in [0.25, 0.3) is 0 Å². The summed E-state index contributed by atoms with van der Waals surface area (Å²) in [5, 5.41) is 0. The monoisotopic (exact) mass is 484 g/mol. The highest BCUT2D eigenvalue weighted by Gasteiger charge is 2.57. The molecule has 0 bridgehead atoms. The van der Waals surface area contributed by atoms with E-state index in [2.05, 4.69) is 77.4 Å². The maximum absolute atomic E-state index is 6.92. The van der Waals surface area contributed by atoms with Crippen LogP contribution in [0.3, 0.4) is 0 Å². The molecule has 7 heteroatoms. The molecule has 178 valence electrons.